The molecule has 0 bridgehead atoms. The Balaban J connectivity index is 1.63. The zero-order valence-electron chi connectivity index (χ0n) is 16.9. The quantitative estimate of drug-likeness (QED) is 0.636. The van der Waals surface area contributed by atoms with Crippen molar-refractivity contribution in [2.24, 2.45) is 0 Å². The van der Waals surface area contributed by atoms with Crippen molar-refractivity contribution >= 4 is 17.5 Å². The van der Waals surface area contributed by atoms with Gasteiger partial charge in [0.2, 0.25) is 5.95 Å². The first-order chi connectivity index (χ1) is 14.0. The zero-order chi connectivity index (χ0) is 20.8. The van der Waals surface area contributed by atoms with Crippen LogP contribution in [0.1, 0.15) is 27.0 Å². The number of amides is 1. The molecule has 0 atom stereocenters. The van der Waals surface area contributed by atoms with Gasteiger partial charge in [-0.3, -0.25) is 4.79 Å². The molecule has 3 aromatic rings. The second-order valence-corrected chi connectivity index (χ2v) is 6.56. The first-order valence-corrected chi connectivity index (χ1v) is 9.16. The standard InChI is InChI=1S/C22H24N4O3/c1-14-6-5-7-15(2)20(14)26-22-24-12-17(13-25-22)21(27)23-11-16-8-9-18(28-3)19(10-16)29-4/h5-10,12-13H,11H2,1-4H3,(H,23,27)(H,24,25,26). The van der Waals surface area contributed by atoms with Gasteiger partial charge in [0.15, 0.2) is 11.5 Å². The molecule has 0 saturated carbocycles. The van der Waals surface area contributed by atoms with E-state index in [1.54, 1.807) is 20.3 Å². The number of para-hydroxylation sites is 1. The second-order valence-electron chi connectivity index (χ2n) is 6.56. The van der Waals surface area contributed by atoms with Crippen LogP contribution in [0.2, 0.25) is 0 Å². The number of benzene rings is 2. The van der Waals surface area contributed by atoms with Crippen LogP contribution in [0.15, 0.2) is 48.8 Å². The van der Waals surface area contributed by atoms with Crippen LogP contribution >= 0.6 is 0 Å². The summed E-state index contributed by atoms with van der Waals surface area (Å²) in [7, 11) is 3.16. The number of nitrogens with zero attached hydrogens (tertiary/aromatic N) is 2. The van der Waals surface area contributed by atoms with Crippen molar-refractivity contribution in [2.45, 2.75) is 20.4 Å². The molecular formula is C22H24N4O3. The molecule has 0 spiro atoms. The summed E-state index contributed by atoms with van der Waals surface area (Å²) in [4.78, 5) is 20.9. The van der Waals surface area contributed by atoms with Crippen molar-refractivity contribution in [3.8, 4) is 11.5 Å². The maximum absolute atomic E-state index is 12.4. The van der Waals surface area contributed by atoms with Gasteiger partial charge in [-0.15, -0.1) is 0 Å². The van der Waals surface area contributed by atoms with Crippen LogP contribution in [0.3, 0.4) is 0 Å². The third-order valence-electron chi connectivity index (χ3n) is 4.53. The van der Waals surface area contributed by atoms with Crippen molar-refractivity contribution < 1.29 is 14.3 Å². The van der Waals surface area contributed by atoms with Crippen LogP contribution in [-0.2, 0) is 6.54 Å². The van der Waals surface area contributed by atoms with Gasteiger partial charge in [-0.1, -0.05) is 24.3 Å². The highest BCUT2D eigenvalue weighted by atomic mass is 16.5. The van der Waals surface area contributed by atoms with Crippen LogP contribution < -0.4 is 20.1 Å². The summed E-state index contributed by atoms with van der Waals surface area (Å²) in [6, 6.07) is 11.5. The van der Waals surface area contributed by atoms with E-state index in [-0.39, 0.29) is 5.91 Å². The van der Waals surface area contributed by atoms with Gasteiger partial charge in [-0.25, -0.2) is 9.97 Å². The normalized spacial score (nSPS) is 10.3. The molecule has 0 saturated heterocycles. The van der Waals surface area contributed by atoms with E-state index in [0.29, 0.717) is 29.6 Å². The molecule has 0 aliphatic heterocycles. The Hall–Kier alpha value is -3.61. The highest BCUT2D eigenvalue weighted by molar-refractivity contribution is 5.93. The summed E-state index contributed by atoms with van der Waals surface area (Å²) < 4.78 is 10.5. The molecule has 1 amide bonds. The molecule has 7 nitrogen and oxygen atoms in total. The number of rotatable bonds is 7. The van der Waals surface area contributed by atoms with Crippen molar-refractivity contribution in [1.82, 2.24) is 15.3 Å². The molecule has 7 heteroatoms. The molecular weight excluding hydrogens is 368 g/mol. The van der Waals surface area contributed by atoms with Crippen LogP contribution in [0.4, 0.5) is 11.6 Å². The van der Waals surface area contributed by atoms with E-state index in [0.717, 1.165) is 22.4 Å². The Morgan fingerprint density at radius 2 is 1.62 bits per heavy atom. The van der Waals surface area contributed by atoms with Gasteiger partial charge in [0.05, 0.1) is 19.8 Å². The SMILES string of the molecule is COc1ccc(CNC(=O)c2cnc(Nc3c(C)cccc3C)nc2)cc1OC. The minimum atomic E-state index is -0.251. The number of carbonyl (C=O) groups excluding carboxylic acids is 1. The number of anilines is 2. The van der Waals surface area contributed by atoms with Gasteiger partial charge >= 0.3 is 0 Å². The van der Waals surface area contributed by atoms with Crippen LogP contribution in [0, 0.1) is 13.8 Å². The number of nitrogens with one attached hydrogen (secondary N) is 2. The van der Waals surface area contributed by atoms with Crippen LogP contribution in [0.5, 0.6) is 11.5 Å². The summed E-state index contributed by atoms with van der Waals surface area (Å²) in [5, 5.41) is 6.06. The molecule has 0 unspecified atom stereocenters. The van der Waals surface area contributed by atoms with E-state index < -0.39 is 0 Å². The fourth-order valence-corrected chi connectivity index (χ4v) is 2.91. The summed E-state index contributed by atoms with van der Waals surface area (Å²) >= 11 is 0. The van der Waals surface area contributed by atoms with Gasteiger partial charge in [-0.05, 0) is 42.7 Å². The van der Waals surface area contributed by atoms with Crippen molar-refractivity contribution in [1.29, 1.82) is 0 Å². The fourth-order valence-electron chi connectivity index (χ4n) is 2.91. The third kappa shape index (κ3) is 4.82. The highest BCUT2D eigenvalue weighted by Gasteiger charge is 2.10. The van der Waals surface area contributed by atoms with Crippen LogP contribution in [-0.4, -0.2) is 30.1 Å². The monoisotopic (exact) mass is 392 g/mol. The molecule has 1 aromatic heterocycles. The predicted octanol–water partition coefficient (Wildman–Crippen LogP) is 3.78. The first-order valence-electron chi connectivity index (χ1n) is 9.16. The number of aryl methyl sites for hydroxylation is 2. The van der Waals surface area contributed by atoms with Crippen molar-refractivity contribution in [2.75, 3.05) is 19.5 Å². The van der Waals surface area contributed by atoms with E-state index in [9.17, 15) is 4.79 Å². The van der Waals surface area contributed by atoms with Gasteiger partial charge in [0, 0.05) is 24.6 Å². The Morgan fingerprint density at radius 1 is 0.966 bits per heavy atom. The molecule has 0 aliphatic rings. The minimum Gasteiger partial charge on any atom is -0.493 e. The average Bonchev–Trinajstić information content (AvgIpc) is 2.75. The van der Waals surface area contributed by atoms with E-state index in [1.807, 2.05) is 44.2 Å². The van der Waals surface area contributed by atoms with Gasteiger partial charge in [0.1, 0.15) is 0 Å². The molecule has 2 N–H and O–H groups in total. The predicted molar refractivity (Wildman–Crippen MR) is 112 cm³/mol. The number of hydrogen-bond donors (Lipinski definition) is 2. The van der Waals surface area contributed by atoms with Crippen molar-refractivity contribution in [3.63, 3.8) is 0 Å². The zero-order valence-corrected chi connectivity index (χ0v) is 16.9. The Labute approximate surface area is 170 Å². The maximum atomic E-state index is 12.4. The maximum Gasteiger partial charge on any atom is 0.254 e. The lowest BCUT2D eigenvalue weighted by Gasteiger charge is -2.12. The van der Waals surface area contributed by atoms with Gasteiger partial charge in [0.25, 0.3) is 5.91 Å². The number of methoxy groups -OCH3 is 2. The molecule has 1 heterocycles. The molecule has 0 fully saturated rings. The number of carbonyl (C=O) groups is 1. The fraction of sp³-hybridized carbons (Fsp3) is 0.227. The molecule has 2 aromatic carbocycles. The first kappa shape index (κ1) is 20.1. The third-order valence-corrected chi connectivity index (χ3v) is 4.53. The smallest absolute Gasteiger partial charge is 0.254 e. The summed E-state index contributed by atoms with van der Waals surface area (Å²) in [6.07, 6.45) is 3.01. The summed E-state index contributed by atoms with van der Waals surface area (Å²) in [6.45, 7) is 4.39. The Kier molecular flexibility index (Phi) is 6.29. The Bertz CT molecular complexity index is 983. The topological polar surface area (TPSA) is 85.4 Å². The van der Waals surface area contributed by atoms with E-state index in [4.69, 9.17) is 9.47 Å². The average molecular weight is 392 g/mol. The van der Waals surface area contributed by atoms with E-state index >= 15 is 0 Å². The minimum absolute atomic E-state index is 0.251. The molecule has 0 radical (unpaired) electrons. The van der Waals surface area contributed by atoms with Gasteiger partial charge in [-0.2, -0.15) is 0 Å². The molecule has 150 valence electrons. The van der Waals surface area contributed by atoms with E-state index in [1.165, 1.54) is 12.4 Å². The lowest BCUT2D eigenvalue weighted by Crippen LogP contribution is -2.23. The second kappa shape index (κ2) is 9.05. The number of hydrogen-bond acceptors (Lipinski definition) is 6. The van der Waals surface area contributed by atoms with Crippen LogP contribution in [0.25, 0.3) is 0 Å². The number of ether oxygens (including phenoxy) is 2. The summed E-state index contributed by atoms with van der Waals surface area (Å²) in [5.41, 5.74) is 4.46. The Morgan fingerprint density at radius 3 is 2.24 bits per heavy atom. The van der Waals surface area contributed by atoms with Gasteiger partial charge < -0.3 is 20.1 Å². The summed E-state index contributed by atoms with van der Waals surface area (Å²) in [5.74, 6) is 1.45. The highest BCUT2D eigenvalue weighted by Crippen LogP contribution is 2.27. The lowest BCUT2D eigenvalue weighted by atomic mass is 10.1. The largest absolute Gasteiger partial charge is 0.493 e. The molecule has 0 aliphatic carbocycles. The number of aromatic nitrogens is 2. The van der Waals surface area contributed by atoms with Crippen molar-refractivity contribution in [3.05, 3.63) is 71.0 Å². The molecule has 3 rings (SSSR count). The molecule has 29 heavy (non-hydrogen) atoms. The lowest BCUT2D eigenvalue weighted by molar-refractivity contribution is 0.0950. The van der Waals surface area contributed by atoms with E-state index in [2.05, 4.69) is 20.6 Å².